The first-order valence-corrected chi connectivity index (χ1v) is 8.63. The van der Waals surface area contributed by atoms with E-state index in [0.29, 0.717) is 55.0 Å². The Bertz CT molecular complexity index is 880. The molecule has 2 amide bonds. The zero-order chi connectivity index (χ0) is 18.8. The molecule has 0 spiro atoms. The van der Waals surface area contributed by atoms with E-state index in [9.17, 15) is 9.59 Å². The second kappa shape index (κ2) is 7.10. The van der Waals surface area contributed by atoms with Crippen LogP contribution >= 0.6 is 0 Å². The number of carbonyl (C=O) groups excluding carboxylic acids is 2. The number of anilines is 2. The number of rotatable bonds is 4. The highest BCUT2D eigenvalue weighted by atomic mass is 16.7. The lowest BCUT2D eigenvalue weighted by molar-refractivity contribution is -0.119. The van der Waals surface area contributed by atoms with Crippen molar-refractivity contribution in [1.82, 2.24) is 19.8 Å². The molecule has 1 aromatic heterocycles. The van der Waals surface area contributed by atoms with E-state index in [2.05, 4.69) is 15.3 Å². The Morgan fingerprint density at radius 1 is 1.11 bits per heavy atom. The van der Waals surface area contributed by atoms with Crippen LogP contribution in [0.4, 0.5) is 11.6 Å². The van der Waals surface area contributed by atoms with E-state index >= 15 is 0 Å². The molecule has 0 saturated carbocycles. The molecule has 1 saturated heterocycles. The third-order valence-corrected chi connectivity index (χ3v) is 4.45. The number of aromatic nitrogens is 2. The number of nitrogens with zero attached hydrogens (tertiary/aromatic N) is 4. The summed E-state index contributed by atoms with van der Waals surface area (Å²) >= 11 is 0. The monoisotopic (exact) mass is 369 g/mol. The number of carbonyl (C=O) groups is 2. The topological polar surface area (TPSA) is 96.9 Å². The standard InChI is InChI=1S/C18H19N5O4/c1-12-8-14(17(25)23-6-4-22(10-24)5-7-23)21-18(19-12)20-13-2-3-15-16(9-13)27-11-26-15/h2-3,8-10H,4-7,11H2,1H3,(H,19,20,21). The van der Waals surface area contributed by atoms with E-state index < -0.39 is 0 Å². The Morgan fingerprint density at radius 3 is 2.67 bits per heavy atom. The maximum absolute atomic E-state index is 12.8. The number of ether oxygens (including phenoxy) is 2. The summed E-state index contributed by atoms with van der Waals surface area (Å²) in [7, 11) is 0. The van der Waals surface area contributed by atoms with Crippen molar-refractivity contribution in [1.29, 1.82) is 0 Å². The SMILES string of the molecule is Cc1cc(C(=O)N2CCN(C=O)CC2)nc(Nc2ccc3c(c2)OCO3)n1. The van der Waals surface area contributed by atoms with E-state index in [1.165, 1.54) is 0 Å². The zero-order valence-corrected chi connectivity index (χ0v) is 14.8. The molecule has 0 atom stereocenters. The van der Waals surface area contributed by atoms with Gasteiger partial charge in [-0.05, 0) is 25.1 Å². The molecule has 1 aromatic carbocycles. The summed E-state index contributed by atoms with van der Waals surface area (Å²) in [5.74, 6) is 1.51. The third-order valence-electron chi connectivity index (χ3n) is 4.45. The number of hydrogen-bond acceptors (Lipinski definition) is 7. The Labute approximate surface area is 155 Å². The fourth-order valence-corrected chi connectivity index (χ4v) is 3.03. The lowest BCUT2D eigenvalue weighted by atomic mass is 10.2. The zero-order valence-electron chi connectivity index (χ0n) is 14.8. The lowest BCUT2D eigenvalue weighted by Gasteiger charge is -2.32. The largest absolute Gasteiger partial charge is 0.454 e. The van der Waals surface area contributed by atoms with Crippen molar-refractivity contribution in [3.63, 3.8) is 0 Å². The van der Waals surface area contributed by atoms with Gasteiger partial charge in [-0.3, -0.25) is 9.59 Å². The molecule has 2 aromatic rings. The normalized spacial score (nSPS) is 15.6. The Balaban J connectivity index is 1.51. The number of nitrogens with one attached hydrogen (secondary N) is 1. The maximum atomic E-state index is 12.8. The van der Waals surface area contributed by atoms with Crippen molar-refractivity contribution < 1.29 is 19.1 Å². The van der Waals surface area contributed by atoms with Crippen LogP contribution in [0.1, 0.15) is 16.2 Å². The predicted octanol–water partition coefficient (Wildman–Crippen LogP) is 1.17. The number of fused-ring (bicyclic) bond motifs is 1. The Kier molecular flexibility index (Phi) is 4.49. The van der Waals surface area contributed by atoms with Crippen LogP contribution in [0.3, 0.4) is 0 Å². The molecule has 27 heavy (non-hydrogen) atoms. The van der Waals surface area contributed by atoms with E-state index in [-0.39, 0.29) is 12.7 Å². The van der Waals surface area contributed by atoms with Gasteiger partial charge in [0.2, 0.25) is 19.2 Å². The Morgan fingerprint density at radius 2 is 1.89 bits per heavy atom. The summed E-state index contributed by atoms with van der Waals surface area (Å²) in [6.45, 7) is 4.06. The van der Waals surface area contributed by atoms with Gasteiger partial charge < -0.3 is 24.6 Å². The van der Waals surface area contributed by atoms with Crippen molar-refractivity contribution in [3.05, 3.63) is 35.7 Å². The highest BCUT2D eigenvalue weighted by molar-refractivity contribution is 5.93. The van der Waals surface area contributed by atoms with Gasteiger partial charge in [0.05, 0.1) is 0 Å². The molecule has 0 unspecified atom stereocenters. The first-order chi connectivity index (χ1) is 13.1. The number of benzene rings is 1. The molecule has 3 heterocycles. The van der Waals surface area contributed by atoms with Crippen molar-refractivity contribution in [2.24, 2.45) is 0 Å². The lowest BCUT2D eigenvalue weighted by Crippen LogP contribution is -2.48. The first-order valence-electron chi connectivity index (χ1n) is 8.63. The molecular weight excluding hydrogens is 350 g/mol. The fraction of sp³-hybridized carbons (Fsp3) is 0.333. The number of amides is 2. The van der Waals surface area contributed by atoms with Gasteiger partial charge in [0.15, 0.2) is 11.5 Å². The minimum absolute atomic E-state index is 0.167. The molecule has 9 nitrogen and oxygen atoms in total. The van der Waals surface area contributed by atoms with Crippen molar-refractivity contribution in [2.75, 3.05) is 38.3 Å². The van der Waals surface area contributed by atoms with Crippen molar-refractivity contribution in [2.45, 2.75) is 6.92 Å². The molecule has 2 aliphatic rings. The second-order valence-corrected chi connectivity index (χ2v) is 6.34. The van der Waals surface area contributed by atoms with E-state index in [1.807, 2.05) is 13.0 Å². The Hall–Kier alpha value is -3.36. The number of aryl methyl sites for hydroxylation is 1. The highest BCUT2D eigenvalue weighted by Crippen LogP contribution is 2.34. The minimum atomic E-state index is -0.167. The van der Waals surface area contributed by atoms with Crippen LogP contribution in [-0.2, 0) is 4.79 Å². The van der Waals surface area contributed by atoms with E-state index in [1.54, 1.807) is 28.0 Å². The van der Waals surface area contributed by atoms with Gasteiger partial charge in [0.1, 0.15) is 5.69 Å². The van der Waals surface area contributed by atoms with Crippen LogP contribution in [0.15, 0.2) is 24.3 Å². The molecular formula is C18H19N5O4. The fourth-order valence-electron chi connectivity index (χ4n) is 3.03. The predicted molar refractivity (Wildman–Crippen MR) is 96.2 cm³/mol. The van der Waals surface area contributed by atoms with Crippen LogP contribution in [0.5, 0.6) is 11.5 Å². The third kappa shape index (κ3) is 3.62. The van der Waals surface area contributed by atoms with Crippen LogP contribution in [0.25, 0.3) is 0 Å². The van der Waals surface area contributed by atoms with Gasteiger partial charge in [-0.2, -0.15) is 0 Å². The molecule has 1 N–H and O–H groups in total. The van der Waals surface area contributed by atoms with Gasteiger partial charge in [-0.15, -0.1) is 0 Å². The highest BCUT2D eigenvalue weighted by Gasteiger charge is 2.23. The smallest absolute Gasteiger partial charge is 0.272 e. The quantitative estimate of drug-likeness (QED) is 0.808. The summed E-state index contributed by atoms with van der Waals surface area (Å²) in [5, 5.41) is 3.11. The summed E-state index contributed by atoms with van der Waals surface area (Å²) in [5.41, 5.74) is 1.75. The second-order valence-electron chi connectivity index (χ2n) is 6.34. The molecule has 1 fully saturated rings. The van der Waals surface area contributed by atoms with Crippen molar-refractivity contribution >= 4 is 24.0 Å². The van der Waals surface area contributed by atoms with Crippen molar-refractivity contribution in [3.8, 4) is 11.5 Å². The molecule has 0 aliphatic carbocycles. The van der Waals surface area contributed by atoms with E-state index in [0.717, 1.165) is 12.1 Å². The molecule has 4 rings (SSSR count). The number of piperazine rings is 1. The van der Waals surface area contributed by atoms with E-state index in [4.69, 9.17) is 9.47 Å². The number of hydrogen-bond donors (Lipinski definition) is 1. The average molecular weight is 369 g/mol. The van der Waals surface area contributed by atoms with Crippen LogP contribution in [0, 0.1) is 6.92 Å². The first kappa shape index (κ1) is 17.1. The summed E-state index contributed by atoms with van der Waals surface area (Å²) in [6, 6.07) is 7.10. The molecule has 2 aliphatic heterocycles. The molecule has 0 bridgehead atoms. The van der Waals surface area contributed by atoms with Gasteiger partial charge in [-0.25, -0.2) is 9.97 Å². The van der Waals surface area contributed by atoms with Crippen LogP contribution < -0.4 is 14.8 Å². The van der Waals surface area contributed by atoms with Crippen LogP contribution in [-0.4, -0.2) is 65.1 Å². The van der Waals surface area contributed by atoms with Crippen LogP contribution in [0.2, 0.25) is 0 Å². The summed E-state index contributed by atoms with van der Waals surface area (Å²) in [4.78, 5) is 35.7. The van der Waals surface area contributed by atoms with Gasteiger partial charge in [0, 0.05) is 43.6 Å². The van der Waals surface area contributed by atoms with Gasteiger partial charge >= 0.3 is 0 Å². The molecule has 140 valence electrons. The maximum Gasteiger partial charge on any atom is 0.272 e. The molecule has 9 heteroatoms. The van der Waals surface area contributed by atoms with Gasteiger partial charge in [-0.1, -0.05) is 0 Å². The minimum Gasteiger partial charge on any atom is -0.454 e. The van der Waals surface area contributed by atoms with Gasteiger partial charge in [0.25, 0.3) is 5.91 Å². The average Bonchev–Trinajstić information content (AvgIpc) is 3.15. The summed E-state index contributed by atoms with van der Waals surface area (Å²) < 4.78 is 10.7. The molecule has 0 radical (unpaired) electrons. The summed E-state index contributed by atoms with van der Waals surface area (Å²) in [6.07, 6.45) is 0.810.